The average Bonchev–Trinajstić information content (AvgIpc) is 4.09. The summed E-state index contributed by atoms with van der Waals surface area (Å²) >= 11 is 0. The van der Waals surface area contributed by atoms with Crippen LogP contribution in [-0.4, -0.2) is 39.6 Å². The number of aromatic amines is 2. The summed E-state index contributed by atoms with van der Waals surface area (Å²) in [4.78, 5) is 64.7. The van der Waals surface area contributed by atoms with Crippen LogP contribution in [0.15, 0.2) is 121 Å². The van der Waals surface area contributed by atoms with Gasteiger partial charge in [0.05, 0.1) is 64.7 Å². The van der Waals surface area contributed by atoms with Crippen molar-refractivity contribution in [3.05, 3.63) is 185 Å². The first-order valence-electron chi connectivity index (χ1n) is 18.2. The number of rotatable bonds is 8. The molecule has 7 aromatic rings. The van der Waals surface area contributed by atoms with Crippen LogP contribution in [0, 0.1) is 40.5 Å². The predicted octanol–water partition coefficient (Wildman–Crippen LogP) is 11.0. The second kappa shape index (κ2) is 14.5. The smallest absolute Gasteiger partial charge is 0.277 e. The van der Waals surface area contributed by atoms with Crippen molar-refractivity contribution in [2.75, 3.05) is 0 Å². The van der Waals surface area contributed by atoms with E-state index in [-0.39, 0.29) is 73.3 Å². The summed E-state index contributed by atoms with van der Waals surface area (Å²) in [6.45, 7) is 0. The Morgan fingerprint density at radius 1 is 0.333 bits per heavy atom. The summed E-state index contributed by atoms with van der Waals surface area (Å²) in [5.41, 5.74) is 3.74. The fourth-order valence-corrected chi connectivity index (χ4v) is 7.72. The molecule has 60 heavy (non-hydrogen) atoms. The highest BCUT2D eigenvalue weighted by Gasteiger charge is 2.27. The standard InChI is InChI=1S/C44H26N8O8/c53-49(54)37-13-5-1-9-25(37)41-29-17-19-31(45-29)42(26-10-2-6-14-38(26)50(55)56)33-21-23-35(47-33)44(28-12-4-8-16-40(28)52(59)60)36-24-22-34(48-36)43(32-20-18-30(41)46-32)27-11-3-7-15-39(27)51(57)58/h1-24,45-46H. The van der Waals surface area contributed by atoms with Gasteiger partial charge in [-0.15, -0.1) is 0 Å². The van der Waals surface area contributed by atoms with Crippen molar-refractivity contribution in [2.45, 2.75) is 0 Å². The molecule has 2 N–H and O–H groups in total. The summed E-state index contributed by atoms with van der Waals surface area (Å²) in [6, 6.07) is 31.3. The molecule has 8 bridgehead atoms. The largest absolute Gasteiger partial charge is 0.354 e. The van der Waals surface area contributed by atoms with Crippen LogP contribution in [0.25, 0.3) is 90.9 Å². The molecule has 290 valence electrons. The number of nitro benzene ring substituents is 4. The van der Waals surface area contributed by atoms with Crippen LogP contribution in [0.4, 0.5) is 22.7 Å². The monoisotopic (exact) mass is 794 g/mol. The highest BCUT2D eigenvalue weighted by Crippen LogP contribution is 2.43. The van der Waals surface area contributed by atoms with Gasteiger partial charge in [-0.3, -0.25) is 40.5 Å². The van der Waals surface area contributed by atoms with Gasteiger partial charge in [-0.2, -0.15) is 0 Å². The van der Waals surface area contributed by atoms with Crippen molar-refractivity contribution in [3.8, 4) is 44.5 Å². The molecule has 4 aromatic carbocycles. The number of hydrogen-bond donors (Lipinski definition) is 2. The fraction of sp³-hybridized carbons (Fsp3) is 0. The minimum atomic E-state index is -0.517. The van der Waals surface area contributed by atoms with Crippen molar-refractivity contribution < 1.29 is 19.7 Å². The van der Waals surface area contributed by atoms with E-state index >= 15 is 0 Å². The van der Waals surface area contributed by atoms with Gasteiger partial charge in [0.1, 0.15) is 0 Å². The average molecular weight is 795 g/mol. The zero-order valence-electron chi connectivity index (χ0n) is 30.8. The van der Waals surface area contributed by atoms with Gasteiger partial charge < -0.3 is 9.97 Å². The number of para-hydroxylation sites is 4. The predicted molar refractivity (Wildman–Crippen MR) is 227 cm³/mol. The second-order valence-electron chi connectivity index (χ2n) is 13.6. The Morgan fingerprint density at radius 3 is 0.900 bits per heavy atom. The summed E-state index contributed by atoms with van der Waals surface area (Å²) in [6.07, 6.45) is 6.57. The lowest BCUT2D eigenvalue weighted by molar-refractivity contribution is -0.384. The zero-order chi connectivity index (χ0) is 41.7. The fourth-order valence-electron chi connectivity index (χ4n) is 7.72. The maximum absolute atomic E-state index is 12.5. The van der Waals surface area contributed by atoms with E-state index < -0.39 is 19.7 Å². The van der Waals surface area contributed by atoms with E-state index in [0.717, 1.165) is 0 Å². The van der Waals surface area contributed by atoms with E-state index in [2.05, 4.69) is 9.97 Å². The van der Waals surface area contributed by atoms with E-state index in [1.165, 1.54) is 30.3 Å². The van der Waals surface area contributed by atoms with E-state index in [4.69, 9.17) is 9.97 Å². The first-order chi connectivity index (χ1) is 29.1. The minimum absolute atomic E-state index is 0.186. The molecule has 0 saturated carbocycles. The van der Waals surface area contributed by atoms with Crippen LogP contribution in [0.5, 0.6) is 0 Å². The molecular formula is C44H26N8O8. The maximum Gasteiger partial charge on any atom is 0.277 e. The van der Waals surface area contributed by atoms with Crippen LogP contribution in [0.1, 0.15) is 22.8 Å². The number of H-pyrrole nitrogens is 2. The number of aromatic nitrogens is 4. The number of fused-ring (bicyclic) bond motifs is 8. The number of nitrogens with zero attached hydrogens (tertiary/aromatic N) is 6. The Bertz CT molecular complexity index is 3100. The summed E-state index contributed by atoms with van der Waals surface area (Å²) in [5.74, 6) is 0. The van der Waals surface area contributed by atoms with Crippen LogP contribution >= 0.6 is 0 Å². The highest BCUT2D eigenvalue weighted by atomic mass is 16.6. The first kappa shape index (κ1) is 36.7. The molecule has 0 unspecified atom stereocenters. The molecule has 2 aliphatic heterocycles. The third kappa shape index (κ3) is 6.22. The van der Waals surface area contributed by atoms with E-state index in [1.807, 2.05) is 0 Å². The van der Waals surface area contributed by atoms with Gasteiger partial charge in [-0.25, -0.2) is 9.97 Å². The highest BCUT2D eigenvalue weighted by molar-refractivity contribution is 6.02. The first-order valence-corrected chi connectivity index (χ1v) is 18.2. The normalized spacial score (nSPS) is 11.7. The molecule has 5 heterocycles. The van der Waals surface area contributed by atoms with Crippen LogP contribution in [0.2, 0.25) is 0 Å². The number of nitrogens with one attached hydrogen (secondary N) is 2. The molecular weight excluding hydrogens is 769 g/mol. The molecule has 16 nitrogen and oxygen atoms in total. The lowest BCUT2D eigenvalue weighted by Gasteiger charge is -2.08. The summed E-state index contributed by atoms with van der Waals surface area (Å²) in [5, 5.41) is 50.0. The molecule has 16 heteroatoms. The lowest BCUT2D eigenvalue weighted by Crippen LogP contribution is -1.96. The molecule has 0 amide bonds. The van der Waals surface area contributed by atoms with E-state index in [0.29, 0.717) is 38.8 Å². The van der Waals surface area contributed by atoms with Crippen LogP contribution < -0.4 is 0 Å². The Kier molecular flexibility index (Phi) is 8.90. The van der Waals surface area contributed by atoms with Crippen molar-refractivity contribution >= 4 is 69.1 Å². The lowest BCUT2D eigenvalue weighted by atomic mass is 10.0. The molecule has 2 aliphatic rings. The number of nitro groups is 4. The van der Waals surface area contributed by atoms with Gasteiger partial charge in [0, 0.05) is 68.6 Å². The van der Waals surface area contributed by atoms with Gasteiger partial charge in [0.15, 0.2) is 0 Å². The third-order valence-corrected chi connectivity index (χ3v) is 10.2. The maximum atomic E-state index is 12.5. The number of benzene rings is 4. The van der Waals surface area contributed by atoms with Crippen LogP contribution in [0.3, 0.4) is 0 Å². The van der Waals surface area contributed by atoms with Crippen molar-refractivity contribution in [2.24, 2.45) is 0 Å². The van der Waals surface area contributed by atoms with Gasteiger partial charge in [0.25, 0.3) is 22.7 Å². The Labute approximate surface area is 337 Å². The molecule has 0 saturated heterocycles. The zero-order valence-corrected chi connectivity index (χ0v) is 30.8. The Balaban J connectivity index is 1.53. The van der Waals surface area contributed by atoms with Gasteiger partial charge in [0.2, 0.25) is 0 Å². The SMILES string of the molecule is O=[N+]([O-])c1ccccc1-c1c2nc(c(-c3ccccc3[N+](=O)[O-])c3ccc([nH]3)c(-c3ccccc3[N+](=O)[O-])c3ccc([nH]3)c(-c3ccccc3[N+](=O)[O-])c3nc1C=C3)C=C2. The molecule has 0 aliphatic carbocycles. The number of hydrogen-bond acceptors (Lipinski definition) is 10. The molecule has 3 aromatic heterocycles. The molecule has 9 rings (SSSR count). The van der Waals surface area contributed by atoms with Gasteiger partial charge >= 0.3 is 0 Å². The minimum Gasteiger partial charge on any atom is -0.354 e. The summed E-state index contributed by atoms with van der Waals surface area (Å²) < 4.78 is 0. The molecule has 0 radical (unpaired) electrons. The molecule has 0 spiro atoms. The molecule has 0 fully saturated rings. The second-order valence-corrected chi connectivity index (χ2v) is 13.6. The van der Waals surface area contributed by atoms with Gasteiger partial charge in [-0.1, -0.05) is 48.5 Å². The van der Waals surface area contributed by atoms with Crippen molar-refractivity contribution in [3.63, 3.8) is 0 Å². The van der Waals surface area contributed by atoms with E-state index in [1.54, 1.807) is 115 Å². The van der Waals surface area contributed by atoms with Crippen molar-refractivity contribution in [1.82, 2.24) is 19.9 Å². The van der Waals surface area contributed by atoms with Crippen molar-refractivity contribution in [1.29, 1.82) is 0 Å². The Hall–Kier alpha value is -8.92. The van der Waals surface area contributed by atoms with E-state index in [9.17, 15) is 40.5 Å². The third-order valence-electron chi connectivity index (χ3n) is 10.2. The van der Waals surface area contributed by atoms with Crippen LogP contribution in [-0.2, 0) is 0 Å². The topological polar surface area (TPSA) is 230 Å². The summed E-state index contributed by atoms with van der Waals surface area (Å²) in [7, 11) is 0. The molecule has 0 atom stereocenters. The Morgan fingerprint density at radius 2 is 0.583 bits per heavy atom. The van der Waals surface area contributed by atoms with Gasteiger partial charge in [-0.05, 0) is 72.8 Å². The quantitative estimate of drug-likeness (QED) is 0.109.